The zero-order valence-corrected chi connectivity index (χ0v) is 11.7. The molecule has 0 saturated carbocycles. The Bertz CT molecular complexity index is 638. The van der Waals surface area contributed by atoms with Crippen molar-refractivity contribution in [2.45, 2.75) is 20.3 Å². The zero-order valence-electron chi connectivity index (χ0n) is 11.7. The minimum absolute atomic E-state index is 0.00229. The number of ether oxygens (including phenoxy) is 2. The Morgan fingerprint density at radius 1 is 1.50 bits per heavy atom. The highest BCUT2D eigenvalue weighted by Gasteiger charge is 2.38. The van der Waals surface area contributed by atoms with Crippen molar-refractivity contribution in [1.29, 1.82) is 0 Å². The number of hydrogen-bond donors (Lipinski definition) is 1. The molecule has 1 saturated heterocycles. The van der Waals surface area contributed by atoms with Crippen LogP contribution in [0.2, 0.25) is 0 Å². The number of esters is 1. The molecule has 1 aromatic heterocycles. The fourth-order valence-corrected chi connectivity index (χ4v) is 2.35. The molecule has 5 nitrogen and oxygen atoms in total. The van der Waals surface area contributed by atoms with Gasteiger partial charge in [-0.2, -0.15) is 5.10 Å². The lowest BCUT2D eigenvalue weighted by Crippen LogP contribution is -2.46. The van der Waals surface area contributed by atoms with E-state index >= 15 is 0 Å². The van der Waals surface area contributed by atoms with E-state index in [0.717, 1.165) is 22.9 Å². The number of H-pyrrole nitrogens is 1. The Kier molecular flexibility index (Phi) is 3.22. The molecule has 0 atom stereocenters. The van der Waals surface area contributed by atoms with Gasteiger partial charge in [0.25, 0.3) is 0 Å². The number of benzene rings is 1. The lowest BCUT2D eigenvalue weighted by atomic mass is 9.84. The van der Waals surface area contributed by atoms with Crippen LogP contribution in [0, 0.1) is 12.3 Å². The molecule has 1 aliphatic heterocycles. The first-order valence-corrected chi connectivity index (χ1v) is 6.83. The predicted molar refractivity (Wildman–Crippen MR) is 74.7 cm³/mol. The molecule has 1 fully saturated rings. The highest BCUT2D eigenvalue weighted by atomic mass is 16.5. The Morgan fingerprint density at radius 3 is 2.95 bits per heavy atom. The minimum atomic E-state index is -0.374. The van der Waals surface area contributed by atoms with Gasteiger partial charge < -0.3 is 9.47 Å². The summed E-state index contributed by atoms with van der Waals surface area (Å²) in [6, 6.07) is 5.84. The third-order valence-electron chi connectivity index (χ3n) is 3.99. The van der Waals surface area contributed by atoms with E-state index in [4.69, 9.17) is 9.47 Å². The fraction of sp³-hybridized carbons (Fsp3) is 0.467. The number of nitrogens with zero attached hydrogens (tertiary/aromatic N) is 1. The third-order valence-corrected chi connectivity index (χ3v) is 3.99. The summed E-state index contributed by atoms with van der Waals surface area (Å²) in [6.07, 6.45) is 0.945. The second-order valence-corrected chi connectivity index (χ2v) is 5.54. The van der Waals surface area contributed by atoms with E-state index in [1.165, 1.54) is 0 Å². The van der Waals surface area contributed by atoms with Crippen LogP contribution in [0.1, 0.15) is 29.4 Å². The van der Waals surface area contributed by atoms with Gasteiger partial charge in [-0.05, 0) is 25.5 Å². The molecule has 1 N–H and O–H groups in total. The quantitative estimate of drug-likeness (QED) is 0.870. The summed E-state index contributed by atoms with van der Waals surface area (Å²) in [4.78, 5) is 12.2. The molecule has 1 aromatic carbocycles. The van der Waals surface area contributed by atoms with Gasteiger partial charge in [0.15, 0.2) is 5.69 Å². The number of aryl methyl sites for hydroxylation is 1. The molecule has 0 aliphatic carbocycles. The minimum Gasteiger partial charge on any atom is -0.460 e. The molecule has 3 rings (SSSR count). The van der Waals surface area contributed by atoms with Crippen molar-refractivity contribution in [3.8, 4) is 0 Å². The number of hydrogen-bond acceptors (Lipinski definition) is 4. The van der Waals surface area contributed by atoms with Crippen LogP contribution in [0.25, 0.3) is 10.9 Å². The lowest BCUT2D eigenvalue weighted by molar-refractivity contribution is -0.140. The van der Waals surface area contributed by atoms with E-state index < -0.39 is 0 Å². The number of carbonyl (C=O) groups excluding carboxylic acids is 1. The van der Waals surface area contributed by atoms with Crippen molar-refractivity contribution in [2.24, 2.45) is 5.41 Å². The monoisotopic (exact) mass is 274 g/mol. The Balaban J connectivity index is 1.77. The van der Waals surface area contributed by atoms with Crippen LogP contribution in [0.3, 0.4) is 0 Å². The van der Waals surface area contributed by atoms with Gasteiger partial charge >= 0.3 is 5.97 Å². The molecule has 2 aromatic rings. The lowest BCUT2D eigenvalue weighted by Gasteiger charge is -2.39. The average molecular weight is 274 g/mol. The molecule has 106 valence electrons. The van der Waals surface area contributed by atoms with Crippen molar-refractivity contribution >= 4 is 16.9 Å². The maximum absolute atomic E-state index is 12.2. The number of fused-ring (bicyclic) bond motifs is 1. The average Bonchev–Trinajstić information content (AvgIpc) is 2.80. The normalized spacial score (nSPS) is 16.9. The Hall–Kier alpha value is -1.88. The first-order valence-electron chi connectivity index (χ1n) is 6.83. The third kappa shape index (κ3) is 2.18. The number of rotatable bonds is 4. The number of nitrogens with one attached hydrogen (secondary N) is 1. The van der Waals surface area contributed by atoms with Gasteiger partial charge in [0.1, 0.15) is 6.61 Å². The smallest absolute Gasteiger partial charge is 0.359 e. The predicted octanol–water partition coefficient (Wildman–Crippen LogP) is 2.45. The van der Waals surface area contributed by atoms with Crippen LogP contribution in [0.5, 0.6) is 0 Å². The topological polar surface area (TPSA) is 64.2 Å². The molecular formula is C15H18N2O3. The van der Waals surface area contributed by atoms with Crippen molar-refractivity contribution in [3.63, 3.8) is 0 Å². The van der Waals surface area contributed by atoms with E-state index in [2.05, 4.69) is 17.1 Å². The molecule has 2 heterocycles. The van der Waals surface area contributed by atoms with Gasteiger partial charge in [0, 0.05) is 5.39 Å². The summed E-state index contributed by atoms with van der Waals surface area (Å²) in [5, 5.41) is 7.75. The molecule has 0 bridgehead atoms. The van der Waals surface area contributed by atoms with E-state index in [1.54, 1.807) is 0 Å². The Morgan fingerprint density at radius 2 is 2.30 bits per heavy atom. The van der Waals surface area contributed by atoms with Crippen molar-refractivity contribution in [2.75, 3.05) is 19.8 Å². The van der Waals surface area contributed by atoms with Gasteiger partial charge in [-0.1, -0.05) is 18.6 Å². The summed E-state index contributed by atoms with van der Waals surface area (Å²) < 4.78 is 10.7. The molecule has 1 aliphatic rings. The highest BCUT2D eigenvalue weighted by Crippen LogP contribution is 2.31. The van der Waals surface area contributed by atoms with Gasteiger partial charge in [-0.3, -0.25) is 5.10 Å². The van der Waals surface area contributed by atoms with Crippen LogP contribution < -0.4 is 0 Å². The number of carbonyl (C=O) groups is 1. The molecule has 0 unspecified atom stereocenters. The first kappa shape index (κ1) is 13.1. The van der Waals surface area contributed by atoms with Gasteiger partial charge in [0.2, 0.25) is 0 Å². The second kappa shape index (κ2) is 4.90. The molecule has 0 amide bonds. The van der Waals surface area contributed by atoms with Crippen LogP contribution in [0.15, 0.2) is 18.2 Å². The van der Waals surface area contributed by atoms with E-state index in [9.17, 15) is 4.79 Å². The largest absolute Gasteiger partial charge is 0.460 e. The van der Waals surface area contributed by atoms with E-state index in [1.807, 2.05) is 25.1 Å². The van der Waals surface area contributed by atoms with Crippen LogP contribution >= 0.6 is 0 Å². The van der Waals surface area contributed by atoms with Crippen molar-refractivity contribution in [1.82, 2.24) is 10.2 Å². The van der Waals surface area contributed by atoms with E-state index in [-0.39, 0.29) is 11.4 Å². The summed E-state index contributed by atoms with van der Waals surface area (Å²) in [6.45, 7) is 5.79. The van der Waals surface area contributed by atoms with Crippen LogP contribution in [0.4, 0.5) is 0 Å². The summed E-state index contributed by atoms with van der Waals surface area (Å²) >= 11 is 0. The van der Waals surface area contributed by atoms with Crippen LogP contribution in [-0.2, 0) is 9.47 Å². The van der Waals surface area contributed by atoms with Crippen molar-refractivity contribution < 1.29 is 14.3 Å². The second-order valence-electron chi connectivity index (χ2n) is 5.54. The van der Waals surface area contributed by atoms with Crippen molar-refractivity contribution in [3.05, 3.63) is 29.5 Å². The molecule has 0 spiro atoms. The summed E-state index contributed by atoms with van der Waals surface area (Å²) in [5.74, 6) is -0.374. The maximum atomic E-state index is 12.2. The zero-order chi connectivity index (χ0) is 14.2. The van der Waals surface area contributed by atoms with Crippen LogP contribution in [-0.4, -0.2) is 36.0 Å². The maximum Gasteiger partial charge on any atom is 0.359 e. The Labute approximate surface area is 117 Å². The molecule has 0 radical (unpaired) electrons. The van der Waals surface area contributed by atoms with Gasteiger partial charge in [-0.15, -0.1) is 0 Å². The van der Waals surface area contributed by atoms with E-state index in [0.29, 0.717) is 25.5 Å². The summed E-state index contributed by atoms with van der Waals surface area (Å²) in [5.41, 5.74) is 2.29. The first-order chi connectivity index (χ1) is 9.63. The molecule has 20 heavy (non-hydrogen) atoms. The highest BCUT2D eigenvalue weighted by molar-refractivity contribution is 6.02. The molecule has 5 heteroatoms. The number of aromatic nitrogens is 2. The summed E-state index contributed by atoms with van der Waals surface area (Å²) in [7, 11) is 0. The SMILES string of the molecule is CCC1(COC(=O)c2n[nH]c3ccc(C)cc23)COC1. The standard InChI is InChI=1S/C15H18N2O3/c1-3-15(7-19-8-15)9-20-14(18)13-11-6-10(2)4-5-12(11)16-17-13/h4-6H,3,7-9H2,1-2H3,(H,16,17). The number of aromatic amines is 1. The van der Waals surface area contributed by atoms with Gasteiger partial charge in [0.05, 0.1) is 24.1 Å². The van der Waals surface area contributed by atoms with Gasteiger partial charge in [-0.25, -0.2) is 4.79 Å². The fourth-order valence-electron chi connectivity index (χ4n) is 2.35. The molecular weight excluding hydrogens is 256 g/mol.